The summed E-state index contributed by atoms with van der Waals surface area (Å²) >= 11 is 0. The maximum absolute atomic E-state index is 12.3. The Labute approximate surface area is 194 Å². The van der Waals surface area contributed by atoms with Crippen molar-refractivity contribution >= 4 is 5.91 Å². The second-order valence-corrected chi connectivity index (χ2v) is 12.4. The fraction of sp³-hybridized carbons (Fsp3) is 0.963. The van der Waals surface area contributed by atoms with Crippen LogP contribution in [0.5, 0.6) is 0 Å². The van der Waals surface area contributed by atoms with Gasteiger partial charge in [0, 0.05) is 13.0 Å². The zero-order chi connectivity index (χ0) is 23.3. The third-order valence-corrected chi connectivity index (χ3v) is 11.1. The number of carbonyl (C=O) groups is 1. The molecule has 5 nitrogen and oxygen atoms in total. The molecule has 0 spiro atoms. The van der Waals surface area contributed by atoms with Crippen LogP contribution in [0, 0.1) is 52.3 Å². The second kappa shape index (κ2) is 9.19. The van der Waals surface area contributed by atoms with Crippen molar-refractivity contribution in [1.29, 1.82) is 0 Å². The Morgan fingerprint density at radius 1 is 1.03 bits per heavy atom. The smallest absolute Gasteiger partial charge is 0.220 e. The first-order valence-electron chi connectivity index (χ1n) is 13.4. The molecule has 4 N–H and O–H groups in total. The number of fused-ring (bicyclic) bond motifs is 5. The van der Waals surface area contributed by atoms with Gasteiger partial charge in [-0.2, -0.15) is 0 Å². The molecule has 0 saturated heterocycles. The highest BCUT2D eigenvalue weighted by atomic mass is 16.3. The molecule has 4 saturated carbocycles. The Morgan fingerprint density at radius 3 is 2.41 bits per heavy atom. The van der Waals surface area contributed by atoms with E-state index in [2.05, 4.69) is 33.0 Å². The predicted octanol–water partition coefficient (Wildman–Crippen LogP) is 3.75. The molecule has 3 unspecified atom stereocenters. The van der Waals surface area contributed by atoms with Crippen LogP contribution < -0.4 is 5.32 Å². The van der Waals surface area contributed by atoms with Gasteiger partial charge in [0.2, 0.25) is 5.91 Å². The highest BCUT2D eigenvalue weighted by Crippen LogP contribution is 2.69. The maximum atomic E-state index is 12.3. The zero-order valence-corrected chi connectivity index (χ0v) is 20.7. The average molecular weight is 450 g/mol. The topological polar surface area (TPSA) is 89.8 Å². The Bertz CT molecular complexity index is 685. The van der Waals surface area contributed by atoms with Gasteiger partial charge in [-0.15, -0.1) is 0 Å². The first-order chi connectivity index (χ1) is 15.2. The largest absolute Gasteiger partial charge is 0.395 e. The van der Waals surface area contributed by atoms with Crippen LogP contribution in [0.3, 0.4) is 0 Å². The lowest BCUT2D eigenvalue weighted by molar-refractivity contribution is -0.203. The van der Waals surface area contributed by atoms with E-state index in [1.54, 1.807) is 0 Å². The van der Waals surface area contributed by atoms with Crippen LogP contribution in [0.25, 0.3) is 0 Å². The van der Waals surface area contributed by atoms with E-state index < -0.39 is 0 Å². The minimum Gasteiger partial charge on any atom is -0.395 e. The monoisotopic (exact) mass is 449 g/mol. The van der Waals surface area contributed by atoms with Gasteiger partial charge < -0.3 is 20.6 Å². The standard InChI is InChI=1S/C27H47NO4/c1-5-18-22-15-17(30)8-10-27(22,4)21-9-11-26(3)19(6-7-20(26)24(21)25(18)32)16(2)14-23(31)28-12-13-29/h16-22,24-25,29-30,32H,5-15H2,1-4H3,(H,28,31)/t16-,17-,18-,19-,20?,21?,22+,24?,25-,26-,27-/m1/s1. The molecule has 0 aromatic carbocycles. The van der Waals surface area contributed by atoms with E-state index in [1.165, 1.54) is 19.3 Å². The first-order valence-corrected chi connectivity index (χ1v) is 13.4. The summed E-state index contributed by atoms with van der Waals surface area (Å²) in [6.07, 6.45) is 8.61. The Morgan fingerprint density at radius 2 is 1.72 bits per heavy atom. The van der Waals surface area contributed by atoms with E-state index in [9.17, 15) is 15.0 Å². The molecule has 5 heteroatoms. The number of carbonyl (C=O) groups excluding carboxylic acids is 1. The van der Waals surface area contributed by atoms with Crippen LogP contribution in [0.1, 0.15) is 85.5 Å². The van der Waals surface area contributed by atoms with Gasteiger partial charge in [0.25, 0.3) is 0 Å². The van der Waals surface area contributed by atoms with Crippen molar-refractivity contribution in [3.63, 3.8) is 0 Å². The predicted molar refractivity (Wildman–Crippen MR) is 126 cm³/mol. The van der Waals surface area contributed by atoms with Gasteiger partial charge in [0.15, 0.2) is 0 Å². The Hall–Kier alpha value is -0.650. The summed E-state index contributed by atoms with van der Waals surface area (Å²) in [5, 5.41) is 34.0. The SMILES string of the molecule is CC[C@H]1[C@@H](O)C2C3CC[C@H]([C@H](C)CC(=O)NCCO)[C@@]3(C)CCC2[C@@]2(C)CC[C@@H](O)C[C@@H]12. The van der Waals surface area contributed by atoms with E-state index in [0.717, 1.165) is 32.1 Å². The lowest BCUT2D eigenvalue weighted by Gasteiger charge is -2.64. The van der Waals surface area contributed by atoms with E-state index in [0.29, 0.717) is 54.4 Å². The van der Waals surface area contributed by atoms with Crippen LogP contribution in [-0.2, 0) is 4.79 Å². The van der Waals surface area contributed by atoms with E-state index in [4.69, 9.17) is 5.11 Å². The highest BCUT2D eigenvalue weighted by molar-refractivity contribution is 5.76. The van der Waals surface area contributed by atoms with E-state index in [-0.39, 0.29) is 35.6 Å². The van der Waals surface area contributed by atoms with Crippen molar-refractivity contribution in [2.75, 3.05) is 13.2 Å². The number of hydrogen-bond donors (Lipinski definition) is 4. The van der Waals surface area contributed by atoms with Crippen molar-refractivity contribution in [3.8, 4) is 0 Å². The third kappa shape index (κ3) is 3.84. The molecule has 4 fully saturated rings. The van der Waals surface area contributed by atoms with Gasteiger partial charge in [0.05, 0.1) is 18.8 Å². The molecule has 0 heterocycles. The van der Waals surface area contributed by atoms with E-state index in [1.807, 2.05) is 0 Å². The van der Waals surface area contributed by atoms with Crippen LogP contribution in [0.15, 0.2) is 0 Å². The molecule has 4 aliphatic rings. The summed E-state index contributed by atoms with van der Waals surface area (Å²) in [4.78, 5) is 12.3. The fourth-order valence-corrected chi connectivity index (χ4v) is 9.63. The van der Waals surface area contributed by atoms with Crippen LogP contribution in [0.2, 0.25) is 0 Å². The van der Waals surface area contributed by atoms with Gasteiger partial charge in [-0.3, -0.25) is 4.79 Å². The first kappa shape index (κ1) is 24.5. The molecule has 1 amide bonds. The number of rotatable bonds is 6. The summed E-state index contributed by atoms with van der Waals surface area (Å²) in [7, 11) is 0. The normalized spacial score (nSPS) is 49.0. The third-order valence-electron chi connectivity index (χ3n) is 11.1. The molecule has 4 aliphatic carbocycles. The molecule has 0 bridgehead atoms. The van der Waals surface area contributed by atoms with E-state index >= 15 is 0 Å². The summed E-state index contributed by atoms with van der Waals surface area (Å²) in [6.45, 7) is 9.72. The zero-order valence-electron chi connectivity index (χ0n) is 20.7. The average Bonchev–Trinajstić information content (AvgIpc) is 3.11. The van der Waals surface area contributed by atoms with Crippen molar-refractivity contribution in [1.82, 2.24) is 5.32 Å². The molecule has 0 aliphatic heterocycles. The lowest BCUT2D eigenvalue weighted by Crippen LogP contribution is -2.62. The number of amides is 1. The quantitative estimate of drug-likeness (QED) is 0.497. The number of nitrogens with one attached hydrogen (secondary N) is 1. The molecule has 11 atom stereocenters. The minimum absolute atomic E-state index is 0.0142. The van der Waals surface area contributed by atoms with Gasteiger partial charge in [-0.25, -0.2) is 0 Å². The molecule has 0 aromatic rings. The summed E-state index contributed by atoms with van der Waals surface area (Å²) in [6, 6.07) is 0. The maximum Gasteiger partial charge on any atom is 0.220 e. The molecule has 0 aromatic heterocycles. The number of aliphatic hydroxyl groups is 3. The van der Waals surface area contributed by atoms with Gasteiger partial charge in [-0.05, 0) is 97.2 Å². The molecule has 0 radical (unpaired) electrons. The molecule has 32 heavy (non-hydrogen) atoms. The highest BCUT2D eigenvalue weighted by Gasteiger charge is 2.64. The second-order valence-electron chi connectivity index (χ2n) is 12.4. The number of aliphatic hydroxyl groups excluding tert-OH is 3. The van der Waals surface area contributed by atoms with Gasteiger partial charge in [-0.1, -0.05) is 34.1 Å². The van der Waals surface area contributed by atoms with Crippen LogP contribution in [-0.4, -0.2) is 46.6 Å². The van der Waals surface area contributed by atoms with Crippen molar-refractivity contribution < 1.29 is 20.1 Å². The minimum atomic E-state index is -0.264. The Kier molecular flexibility index (Phi) is 7.03. The van der Waals surface area contributed by atoms with Gasteiger partial charge >= 0.3 is 0 Å². The summed E-state index contributed by atoms with van der Waals surface area (Å²) in [5.41, 5.74) is 0.424. The summed E-state index contributed by atoms with van der Waals surface area (Å²) in [5.74, 6) is 3.04. The summed E-state index contributed by atoms with van der Waals surface area (Å²) < 4.78 is 0. The van der Waals surface area contributed by atoms with Crippen molar-refractivity contribution in [3.05, 3.63) is 0 Å². The van der Waals surface area contributed by atoms with Crippen LogP contribution in [0.4, 0.5) is 0 Å². The van der Waals surface area contributed by atoms with Gasteiger partial charge in [0.1, 0.15) is 0 Å². The van der Waals surface area contributed by atoms with Crippen molar-refractivity contribution in [2.24, 2.45) is 52.3 Å². The molecule has 184 valence electrons. The molecular formula is C27H47NO4. The van der Waals surface area contributed by atoms with Crippen LogP contribution >= 0.6 is 0 Å². The Balaban J connectivity index is 1.56. The lowest BCUT2D eigenvalue weighted by atomic mass is 9.41. The molecule has 4 rings (SSSR count). The number of hydrogen-bond acceptors (Lipinski definition) is 4. The fourth-order valence-electron chi connectivity index (χ4n) is 9.63. The van der Waals surface area contributed by atoms with Crippen molar-refractivity contribution in [2.45, 2.75) is 97.7 Å². The molecular weight excluding hydrogens is 402 g/mol.